The molecule has 5 aromatic rings. The number of benzene rings is 2. The van der Waals surface area contributed by atoms with E-state index >= 15 is 0 Å². The van der Waals surface area contributed by atoms with Gasteiger partial charge in [0.05, 0.1) is 11.6 Å². The van der Waals surface area contributed by atoms with Gasteiger partial charge in [-0.15, -0.1) is 11.3 Å². The number of nitrogens with one attached hydrogen (secondary N) is 2. The van der Waals surface area contributed by atoms with Crippen molar-refractivity contribution < 1.29 is 4.79 Å². The first-order valence-corrected chi connectivity index (χ1v) is 13.7. The normalized spacial score (nSPS) is 18.6. The number of hydrogen-bond donors (Lipinski definition) is 2. The molecule has 0 saturated heterocycles. The Labute approximate surface area is 223 Å². The van der Waals surface area contributed by atoms with Crippen molar-refractivity contribution in [1.29, 1.82) is 0 Å². The molecule has 1 aliphatic carbocycles. The molecule has 0 amide bonds. The summed E-state index contributed by atoms with van der Waals surface area (Å²) in [6.45, 7) is 4.33. The number of nitrogens with zero attached hydrogens (tertiary/aromatic N) is 2. The number of rotatable bonds is 3. The fourth-order valence-electron chi connectivity index (χ4n) is 5.87. The van der Waals surface area contributed by atoms with Crippen molar-refractivity contribution >= 4 is 45.4 Å². The van der Waals surface area contributed by atoms with Crippen LogP contribution in [0.1, 0.15) is 43.0 Å². The van der Waals surface area contributed by atoms with Crippen molar-refractivity contribution in [3.63, 3.8) is 0 Å². The number of fused-ring (bicyclic) bond motifs is 2. The van der Waals surface area contributed by atoms with Gasteiger partial charge in [0, 0.05) is 55.8 Å². The van der Waals surface area contributed by atoms with Crippen molar-refractivity contribution in [3.05, 3.63) is 99.0 Å². The van der Waals surface area contributed by atoms with Crippen LogP contribution < -0.4 is 5.32 Å². The molecule has 0 radical (unpaired) electrons. The van der Waals surface area contributed by atoms with Gasteiger partial charge >= 0.3 is 0 Å². The summed E-state index contributed by atoms with van der Waals surface area (Å²) >= 11 is 7.92. The number of aromatic amines is 1. The molecule has 1 aliphatic heterocycles. The second-order valence-corrected chi connectivity index (χ2v) is 12.1. The predicted octanol–water partition coefficient (Wildman–Crippen LogP) is 7.94. The molecule has 4 heterocycles. The van der Waals surface area contributed by atoms with E-state index in [-0.39, 0.29) is 17.1 Å². The number of H-pyrrole nitrogens is 1. The predicted molar refractivity (Wildman–Crippen MR) is 151 cm³/mol. The Morgan fingerprint density at radius 2 is 1.86 bits per heavy atom. The summed E-state index contributed by atoms with van der Waals surface area (Å²) < 4.78 is 1.97. The quantitative estimate of drug-likeness (QED) is 0.252. The lowest BCUT2D eigenvalue weighted by Gasteiger charge is -2.38. The van der Waals surface area contributed by atoms with E-state index in [1.165, 1.54) is 0 Å². The number of para-hydroxylation sites is 1. The van der Waals surface area contributed by atoms with E-state index < -0.39 is 0 Å². The van der Waals surface area contributed by atoms with Crippen LogP contribution >= 0.6 is 22.9 Å². The lowest BCUT2D eigenvalue weighted by atomic mass is 9.70. The first kappa shape index (κ1) is 22.6. The number of halogens is 1. The maximum atomic E-state index is 13.7. The van der Waals surface area contributed by atoms with Gasteiger partial charge in [0.2, 0.25) is 0 Å². The number of Topliss-reactive ketones (excluding diaryl/α,β-unsaturated/α-hetero) is 1. The van der Waals surface area contributed by atoms with Crippen molar-refractivity contribution in [2.24, 2.45) is 5.41 Å². The molecular formula is C30H25ClN4OS. The summed E-state index contributed by atoms with van der Waals surface area (Å²) in [6.07, 6.45) is 3.38. The van der Waals surface area contributed by atoms with Crippen LogP contribution in [0.5, 0.6) is 0 Å². The first-order valence-electron chi connectivity index (χ1n) is 12.4. The van der Waals surface area contributed by atoms with Crippen LogP contribution in [-0.4, -0.2) is 20.5 Å². The maximum Gasteiger partial charge on any atom is 0.162 e. The molecular weight excluding hydrogens is 500 g/mol. The average molecular weight is 525 g/mol. The number of allylic oxidation sites excluding steroid dienone is 2. The van der Waals surface area contributed by atoms with Crippen molar-refractivity contribution in [2.45, 2.75) is 32.6 Å². The SMILES string of the molecule is CC1(C)CC(=O)C2=C(C1)Nc1c(c(-c3c[nH]c4ccccc34)nn1-c1ccc(Cl)cc1)C2c1cccs1. The van der Waals surface area contributed by atoms with Gasteiger partial charge in [-0.1, -0.05) is 49.7 Å². The molecule has 0 spiro atoms. The highest BCUT2D eigenvalue weighted by Crippen LogP contribution is 2.53. The second-order valence-electron chi connectivity index (χ2n) is 10.7. The van der Waals surface area contributed by atoms with Crippen LogP contribution in [0.4, 0.5) is 5.82 Å². The van der Waals surface area contributed by atoms with Crippen LogP contribution in [0.3, 0.4) is 0 Å². The van der Waals surface area contributed by atoms with Crippen molar-refractivity contribution in [1.82, 2.24) is 14.8 Å². The number of hydrogen-bond acceptors (Lipinski definition) is 4. The van der Waals surface area contributed by atoms with Crippen LogP contribution in [0.25, 0.3) is 27.8 Å². The highest BCUT2D eigenvalue weighted by atomic mass is 35.5. The Kier molecular flexibility index (Phi) is 5.00. The van der Waals surface area contributed by atoms with E-state index in [1.54, 1.807) is 11.3 Å². The molecule has 7 rings (SSSR count). The molecule has 1 unspecified atom stereocenters. The van der Waals surface area contributed by atoms with Crippen molar-refractivity contribution in [2.75, 3.05) is 5.32 Å². The summed E-state index contributed by atoms with van der Waals surface area (Å²) in [5.41, 5.74) is 6.68. The van der Waals surface area contributed by atoms with Gasteiger partial charge < -0.3 is 10.3 Å². The smallest absolute Gasteiger partial charge is 0.162 e. The minimum Gasteiger partial charge on any atom is -0.360 e. The summed E-state index contributed by atoms with van der Waals surface area (Å²) in [7, 11) is 0. The number of ketones is 1. The van der Waals surface area contributed by atoms with Crippen LogP contribution in [0.15, 0.2) is 83.5 Å². The number of anilines is 1. The van der Waals surface area contributed by atoms with Crippen LogP contribution in [-0.2, 0) is 4.79 Å². The topological polar surface area (TPSA) is 62.7 Å². The minimum atomic E-state index is -0.181. The number of carbonyl (C=O) groups is 1. The van der Waals surface area contributed by atoms with E-state index in [2.05, 4.69) is 53.8 Å². The summed E-state index contributed by atoms with van der Waals surface area (Å²) in [4.78, 5) is 18.3. The van der Waals surface area contributed by atoms with Gasteiger partial charge in [-0.25, -0.2) is 4.68 Å². The van der Waals surface area contributed by atoms with Gasteiger partial charge in [0.25, 0.3) is 0 Å². The number of carbonyl (C=O) groups excluding carboxylic acids is 1. The summed E-state index contributed by atoms with van der Waals surface area (Å²) in [5.74, 6) is 0.941. The van der Waals surface area contributed by atoms with E-state index in [9.17, 15) is 4.79 Å². The third kappa shape index (κ3) is 3.58. The molecule has 1 atom stereocenters. The standard InChI is InChI=1S/C30H25ClN4OS/c1-30(2)14-22-25(23(36)15-30)26(24-8-5-13-37-24)27-28(20-16-32-21-7-4-3-6-19(20)21)34-35(29(27)33-22)18-11-9-17(31)10-12-18/h3-13,16,26,32-33H,14-15H2,1-2H3. The largest absolute Gasteiger partial charge is 0.360 e. The Morgan fingerprint density at radius 1 is 1.05 bits per heavy atom. The van der Waals surface area contributed by atoms with Gasteiger partial charge in [-0.3, -0.25) is 4.79 Å². The number of thiophene rings is 1. The van der Waals surface area contributed by atoms with Gasteiger partial charge in [0.15, 0.2) is 5.78 Å². The van der Waals surface area contributed by atoms with Gasteiger partial charge in [-0.05, 0) is 53.6 Å². The zero-order valence-corrected chi connectivity index (χ0v) is 22.1. The molecule has 0 fully saturated rings. The molecule has 2 aliphatic rings. The Hall–Kier alpha value is -3.61. The number of aromatic nitrogens is 3. The van der Waals surface area contributed by atoms with Crippen LogP contribution in [0, 0.1) is 5.41 Å². The van der Waals surface area contributed by atoms with E-state index in [0.29, 0.717) is 11.4 Å². The highest BCUT2D eigenvalue weighted by Gasteiger charge is 2.44. The highest BCUT2D eigenvalue weighted by molar-refractivity contribution is 7.10. The summed E-state index contributed by atoms with van der Waals surface area (Å²) in [5, 5.41) is 12.8. The molecule has 184 valence electrons. The third-order valence-electron chi connectivity index (χ3n) is 7.43. The minimum absolute atomic E-state index is 0.106. The van der Waals surface area contributed by atoms with E-state index in [0.717, 1.165) is 61.8 Å². The van der Waals surface area contributed by atoms with E-state index in [4.69, 9.17) is 16.7 Å². The molecule has 0 saturated carbocycles. The molecule has 3 aromatic heterocycles. The maximum absolute atomic E-state index is 13.7. The Bertz CT molecular complexity index is 1710. The monoisotopic (exact) mass is 524 g/mol. The fourth-order valence-corrected chi connectivity index (χ4v) is 6.84. The molecule has 37 heavy (non-hydrogen) atoms. The first-order chi connectivity index (χ1) is 17.9. The molecule has 0 bridgehead atoms. The molecule has 7 heteroatoms. The fraction of sp³-hybridized carbons (Fsp3) is 0.200. The second kappa shape index (κ2) is 8.20. The lowest BCUT2D eigenvalue weighted by Crippen LogP contribution is -2.34. The molecule has 2 N–H and O–H groups in total. The van der Waals surface area contributed by atoms with E-state index in [1.807, 2.05) is 47.3 Å². The Balaban J connectivity index is 1.55. The molecule has 5 nitrogen and oxygen atoms in total. The van der Waals surface area contributed by atoms with Gasteiger partial charge in [0.1, 0.15) is 11.5 Å². The summed E-state index contributed by atoms with van der Waals surface area (Å²) in [6, 6.07) is 20.2. The van der Waals surface area contributed by atoms with Crippen molar-refractivity contribution in [3.8, 4) is 16.9 Å². The Morgan fingerprint density at radius 3 is 2.65 bits per heavy atom. The van der Waals surface area contributed by atoms with Gasteiger partial charge in [-0.2, -0.15) is 5.10 Å². The zero-order valence-electron chi connectivity index (χ0n) is 20.5. The zero-order chi connectivity index (χ0) is 25.3. The molecule has 2 aromatic carbocycles. The lowest BCUT2D eigenvalue weighted by molar-refractivity contribution is -0.118. The van der Waals surface area contributed by atoms with Crippen LogP contribution in [0.2, 0.25) is 5.02 Å². The average Bonchev–Trinajstić information content (AvgIpc) is 3.61. The third-order valence-corrected chi connectivity index (χ3v) is 8.62.